The number of hydrogen-bond acceptors (Lipinski definition) is 4. The van der Waals surface area contributed by atoms with Gasteiger partial charge in [-0.15, -0.1) is 0 Å². The molecule has 3 rings (SSSR count). The molecular weight excluding hydrogens is 433 g/mol. The first-order chi connectivity index (χ1) is 13.7. The average molecular weight is 456 g/mol. The second-order valence-corrected chi connectivity index (χ2v) is 10.1. The number of sulfonamides is 1. The molecule has 2 aromatic carbocycles. The van der Waals surface area contributed by atoms with Crippen LogP contribution in [0.5, 0.6) is 0 Å². The van der Waals surface area contributed by atoms with E-state index in [0.717, 1.165) is 35.9 Å². The summed E-state index contributed by atoms with van der Waals surface area (Å²) in [5.41, 5.74) is 1.53. The van der Waals surface area contributed by atoms with Crippen LogP contribution in [0, 0.1) is 0 Å². The van der Waals surface area contributed by atoms with Gasteiger partial charge in [0.25, 0.3) is 5.91 Å². The largest absolute Gasteiger partial charge is 0.370 e. The molecule has 6 nitrogen and oxygen atoms in total. The Morgan fingerprint density at radius 2 is 1.69 bits per heavy atom. The van der Waals surface area contributed by atoms with Gasteiger partial charge in [-0.05, 0) is 55.7 Å². The number of hydrogen-bond donors (Lipinski definition) is 1. The van der Waals surface area contributed by atoms with E-state index in [1.54, 1.807) is 12.1 Å². The molecule has 0 radical (unpaired) electrons. The lowest BCUT2D eigenvalue weighted by atomic mass is 10.1. The van der Waals surface area contributed by atoms with E-state index in [1.165, 1.54) is 38.7 Å². The standard InChI is InChI=1S/C20H23Cl2N3O3S/c1-24(2)29(27,28)15-7-8-17(21)16(13-15)20(26)23-14-6-9-19(18(22)12-14)25-10-4-3-5-11-25/h6-9,12-13H,3-5,10-11H2,1-2H3,(H,23,26). The number of piperidine rings is 1. The number of nitrogens with zero attached hydrogens (tertiary/aromatic N) is 2. The number of carbonyl (C=O) groups excluding carboxylic acids is 1. The van der Waals surface area contributed by atoms with Gasteiger partial charge in [0.05, 0.1) is 26.2 Å². The Morgan fingerprint density at radius 1 is 1.00 bits per heavy atom. The van der Waals surface area contributed by atoms with Crippen molar-refractivity contribution in [3.63, 3.8) is 0 Å². The van der Waals surface area contributed by atoms with E-state index in [1.807, 2.05) is 6.07 Å². The molecule has 0 spiro atoms. The number of benzene rings is 2. The maximum Gasteiger partial charge on any atom is 0.257 e. The summed E-state index contributed by atoms with van der Waals surface area (Å²) in [5.74, 6) is -0.507. The van der Waals surface area contributed by atoms with E-state index in [0.29, 0.717) is 10.7 Å². The summed E-state index contributed by atoms with van der Waals surface area (Å²) in [6, 6.07) is 9.41. The number of halogens is 2. The van der Waals surface area contributed by atoms with Gasteiger partial charge in [-0.2, -0.15) is 0 Å². The molecule has 0 saturated carbocycles. The van der Waals surface area contributed by atoms with Crippen molar-refractivity contribution >= 4 is 50.5 Å². The lowest BCUT2D eigenvalue weighted by Gasteiger charge is -2.29. The summed E-state index contributed by atoms with van der Waals surface area (Å²) in [7, 11) is -0.827. The minimum Gasteiger partial charge on any atom is -0.370 e. The lowest BCUT2D eigenvalue weighted by Crippen LogP contribution is -2.29. The quantitative estimate of drug-likeness (QED) is 0.720. The lowest BCUT2D eigenvalue weighted by molar-refractivity contribution is 0.102. The zero-order valence-electron chi connectivity index (χ0n) is 16.3. The molecule has 156 valence electrons. The molecule has 1 saturated heterocycles. The Kier molecular flexibility index (Phi) is 6.73. The van der Waals surface area contributed by atoms with Gasteiger partial charge in [-0.3, -0.25) is 4.79 Å². The molecule has 0 atom stereocenters. The van der Waals surface area contributed by atoms with Crippen LogP contribution < -0.4 is 10.2 Å². The van der Waals surface area contributed by atoms with Crippen molar-refractivity contribution in [3.8, 4) is 0 Å². The fourth-order valence-electron chi connectivity index (χ4n) is 3.22. The van der Waals surface area contributed by atoms with E-state index in [4.69, 9.17) is 23.2 Å². The van der Waals surface area contributed by atoms with Crippen LogP contribution in [0.2, 0.25) is 10.0 Å². The van der Waals surface area contributed by atoms with Crippen LogP contribution in [0.15, 0.2) is 41.3 Å². The topological polar surface area (TPSA) is 69.7 Å². The molecule has 0 aromatic heterocycles. The molecule has 1 heterocycles. The normalized spacial score (nSPS) is 14.9. The first kappa shape index (κ1) is 21.9. The molecule has 29 heavy (non-hydrogen) atoms. The van der Waals surface area contributed by atoms with Crippen molar-refractivity contribution in [3.05, 3.63) is 52.0 Å². The highest BCUT2D eigenvalue weighted by atomic mass is 35.5. The van der Waals surface area contributed by atoms with Crippen LogP contribution in [0.25, 0.3) is 0 Å². The van der Waals surface area contributed by atoms with Crippen molar-refractivity contribution in [1.82, 2.24) is 4.31 Å². The highest BCUT2D eigenvalue weighted by Crippen LogP contribution is 2.31. The van der Waals surface area contributed by atoms with Crippen LogP contribution in [-0.4, -0.2) is 45.8 Å². The van der Waals surface area contributed by atoms with Gasteiger partial charge in [0.2, 0.25) is 10.0 Å². The van der Waals surface area contributed by atoms with Crippen molar-refractivity contribution in [2.75, 3.05) is 37.4 Å². The molecule has 1 aliphatic heterocycles. The Labute approximate surface area is 181 Å². The number of rotatable bonds is 5. The van der Waals surface area contributed by atoms with E-state index in [-0.39, 0.29) is 15.5 Å². The molecule has 9 heteroatoms. The Hall–Kier alpha value is -1.80. The number of amides is 1. The van der Waals surface area contributed by atoms with Crippen molar-refractivity contribution in [2.24, 2.45) is 0 Å². The number of nitrogens with one attached hydrogen (secondary N) is 1. The van der Waals surface area contributed by atoms with Gasteiger partial charge in [-0.1, -0.05) is 23.2 Å². The van der Waals surface area contributed by atoms with Crippen molar-refractivity contribution in [2.45, 2.75) is 24.2 Å². The van der Waals surface area contributed by atoms with Gasteiger partial charge in [0.15, 0.2) is 0 Å². The molecule has 0 bridgehead atoms. The van der Waals surface area contributed by atoms with Crippen LogP contribution in [0.3, 0.4) is 0 Å². The molecule has 0 unspecified atom stereocenters. The Morgan fingerprint density at radius 3 is 2.31 bits per heavy atom. The van der Waals surface area contributed by atoms with Crippen LogP contribution in [-0.2, 0) is 10.0 Å². The zero-order valence-corrected chi connectivity index (χ0v) is 18.6. The smallest absolute Gasteiger partial charge is 0.257 e. The third-order valence-electron chi connectivity index (χ3n) is 4.86. The summed E-state index contributed by atoms with van der Waals surface area (Å²) in [6.07, 6.45) is 3.50. The van der Waals surface area contributed by atoms with Crippen molar-refractivity contribution < 1.29 is 13.2 Å². The minimum absolute atomic E-state index is 0.00414. The zero-order chi connectivity index (χ0) is 21.2. The van der Waals surface area contributed by atoms with Gasteiger partial charge >= 0.3 is 0 Å². The van der Waals surface area contributed by atoms with E-state index < -0.39 is 15.9 Å². The van der Waals surface area contributed by atoms with Gasteiger partial charge in [0.1, 0.15) is 0 Å². The summed E-state index contributed by atoms with van der Waals surface area (Å²) in [5, 5.41) is 3.46. The number of anilines is 2. The van der Waals surface area contributed by atoms with E-state index >= 15 is 0 Å². The SMILES string of the molecule is CN(C)S(=O)(=O)c1ccc(Cl)c(C(=O)Nc2ccc(N3CCCCC3)c(Cl)c2)c1. The predicted octanol–water partition coefficient (Wildman–Crippen LogP) is 4.49. The fraction of sp³-hybridized carbons (Fsp3) is 0.350. The Bertz CT molecular complexity index is 1020. The van der Waals surface area contributed by atoms with Crippen LogP contribution in [0.4, 0.5) is 11.4 Å². The van der Waals surface area contributed by atoms with Gasteiger partial charge < -0.3 is 10.2 Å². The van der Waals surface area contributed by atoms with Crippen LogP contribution >= 0.6 is 23.2 Å². The first-order valence-electron chi connectivity index (χ1n) is 9.28. The molecular formula is C20H23Cl2N3O3S. The van der Waals surface area contributed by atoms with E-state index in [9.17, 15) is 13.2 Å². The molecule has 1 amide bonds. The molecule has 0 aliphatic carbocycles. The Balaban J connectivity index is 1.82. The average Bonchev–Trinajstić information content (AvgIpc) is 2.68. The predicted molar refractivity (Wildman–Crippen MR) is 118 cm³/mol. The highest BCUT2D eigenvalue weighted by molar-refractivity contribution is 7.89. The third kappa shape index (κ3) is 4.86. The van der Waals surface area contributed by atoms with Gasteiger partial charge in [-0.25, -0.2) is 12.7 Å². The second kappa shape index (κ2) is 8.92. The highest BCUT2D eigenvalue weighted by Gasteiger charge is 2.21. The summed E-state index contributed by atoms with van der Waals surface area (Å²) in [6.45, 7) is 1.93. The third-order valence-corrected chi connectivity index (χ3v) is 7.31. The fourth-order valence-corrected chi connectivity index (χ4v) is 4.66. The number of carbonyl (C=O) groups is 1. The summed E-state index contributed by atoms with van der Waals surface area (Å²) >= 11 is 12.6. The summed E-state index contributed by atoms with van der Waals surface area (Å²) in [4.78, 5) is 15.0. The van der Waals surface area contributed by atoms with Crippen LogP contribution in [0.1, 0.15) is 29.6 Å². The maximum atomic E-state index is 12.7. The van der Waals surface area contributed by atoms with Crippen molar-refractivity contribution in [1.29, 1.82) is 0 Å². The molecule has 1 aliphatic rings. The second-order valence-electron chi connectivity index (χ2n) is 7.10. The molecule has 1 N–H and O–H groups in total. The maximum absolute atomic E-state index is 12.7. The summed E-state index contributed by atoms with van der Waals surface area (Å²) < 4.78 is 25.8. The first-order valence-corrected chi connectivity index (χ1v) is 11.5. The molecule has 1 fully saturated rings. The van der Waals surface area contributed by atoms with E-state index in [2.05, 4.69) is 10.2 Å². The van der Waals surface area contributed by atoms with Gasteiger partial charge in [0, 0.05) is 32.9 Å². The molecule has 2 aromatic rings. The monoisotopic (exact) mass is 455 g/mol. The minimum atomic E-state index is -3.68.